The topological polar surface area (TPSA) is 78.4 Å². The van der Waals surface area contributed by atoms with E-state index in [1.807, 2.05) is 12.1 Å². The van der Waals surface area contributed by atoms with Gasteiger partial charge in [0.1, 0.15) is 12.0 Å². The minimum absolute atomic E-state index is 0.00578. The summed E-state index contributed by atoms with van der Waals surface area (Å²) in [5, 5.41) is 13.4. The number of pyridine rings is 1. The van der Waals surface area contributed by atoms with Crippen molar-refractivity contribution in [2.45, 2.75) is 103 Å². The van der Waals surface area contributed by atoms with Gasteiger partial charge in [-0.2, -0.15) is 4.98 Å². The zero-order valence-electron chi connectivity index (χ0n) is 32.0. The van der Waals surface area contributed by atoms with Gasteiger partial charge < -0.3 is 19.5 Å². The third-order valence-corrected chi connectivity index (χ3v) is 10.2. The predicted molar refractivity (Wildman–Crippen MR) is 219 cm³/mol. The molecule has 1 saturated heterocycles. The van der Waals surface area contributed by atoms with E-state index in [1.54, 1.807) is 4.90 Å². The lowest BCUT2D eigenvalue weighted by atomic mass is 10.1. The summed E-state index contributed by atoms with van der Waals surface area (Å²) in [6.07, 6.45) is 25.9. The van der Waals surface area contributed by atoms with Gasteiger partial charge >= 0.3 is 5.97 Å². The Morgan fingerprint density at radius 3 is 2.43 bits per heavy atom. The molecular weight excluding hydrogens is 661 g/mol. The maximum Gasteiger partial charge on any atom is 0.307 e. The zero-order valence-corrected chi connectivity index (χ0v) is 32.0. The van der Waals surface area contributed by atoms with E-state index in [0.29, 0.717) is 31.1 Å². The van der Waals surface area contributed by atoms with Gasteiger partial charge in [0.25, 0.3) is 0 Å². The van der Waals surface area contributed by atoms with Crippen LogP contribution < -0.4 is 14.5 Å². The number of aryl methyl sites for hydroxylation is 1. The molecule has 0 aliphatic carbocycles. The molecule has 0 amide bonds. The highest BCUT2D eigenvalue weighted by Crippen LogP contribution is 2.31. The third kappa shape index (κ3) is 13.3. The SMILES string of the molecule is CC/C=C\C/C=C\C/C=C\CCCCCCCC(=O)OCN1c2nc(OCCCCN3CCN(c4cccc5ccccc45)CC3)ccc2CCC1O. The number of ether oxygens (including phenoxy) is 2. The number of carbonyl (C=O) groups is 1. The molecule has 53 heavy (non-hydrogen) atoms. The van der Waals surface area contributed by atoms with Crippen LogP contribution in [0.15, 0.2) is 91.1 Å². The number of nitrogens with zero attached hydrogens (tertiary/aromatic N) is 4. The number of hydrogen-bond acceptors (Lipinski definition) is 8. The summed E-state index contributed by atoms with van der Waals surface area (Å²) in [5.41, 5.74) is 2.37. The van der Waals surface area contributed by atoms with Crippen molar-refractivity contribution in [2.24, 2.45) is 0 Å². The molecule has 0 spiro atoms. The normalized spacial score (nSPS) is 16.7. The Labute approximate surface area is 318 Å². The van der Waals surface area contributed by atoms with Crippen LogP contribution in [0.4, 0.5) is 11.5 Å². The van der Waals surface area contributed by atoms with Crippen molar-refractivity contribution >= 4 is 28.2 Å². The molecule has 0 saturated carbocycles. The fraction of sp³-hybridized carbons (Fsp3) is 0.511. The maximum absolute atomic E-state index is 12.6. The van der Waals surface area contributed by atoms with Gasteiger partial charge in [0.05, 0.1) is 6.61 Å². The minimum Gasteiger partial charge on any atom is -0.478 e. The molecule has 1 fully saturated rings. The Balaban J connectivity index is 0.929. The van der Waals surface area contributed by atoms with Crippen LogP contribution in [0.3, 0.4) is 0 Å². The number of esters is 1. The van der Waals surface area contributed by atoms with Crippen molar-refractivity contribution in [3.8, 4) is 5.88 Å². The monoisotopic (exact) mass is 722 g/mol. The van der Waals surface area contributed by atoms with Gasteiger partial charge in [0.2, 0.25) is 5.88 Å². The summed E-state index contributed by atoms with van der Waals surface area (Å²) in [5.74, 6) is 0.959. The van der Waals surface area contributed by atoms with Crippen molar-refractivity contribution < 1.29 is 19.4 Å². The lowest BCUT2D eigenvalue weighted by Gasteiger charge is -2.36. The summed E-state index contributed by atoms with van der Waals surface area (Å²) < 4.78 is 11.7. The second-order valence-electron chi connectivity index (χ2n) is 14.2. The first-order valence-electron chi connectivity index (χ1n) is 20.3. The van der Waals surface area contributed by atoms with Crippen LogP contribution >= 0.6 is 0 Å². The van der Waals surface area contributed by atoms with Gasteiger partial charge in [0, 0.05) is 49.7 Å². The first kappa shape index (κ1) is 40.1. The standard InChI is InChI=1S/C45H62N4O4/c1-2-3-4-5-6-7-8-9-10-11-12-13-14-15-16-26-44(51)53-37-49-43(50)30-28-39-27-29-42(46-45(39)49)52-36-20-19-31-47-32-34-48(35-33-47)41-25-21-23-38-22-17-18-24-40(38)41/h3-4,6-7,9-10,17-18,21-25,27,29,43,50H,2,5,8,11-16,19-20,26,28,30-37H2,1H3/b4-3-,7-6-,10-9-. The lowest BCUT2D eigenvalue weighted by Crippen LogP contribution is -2.46. The average Bonchev–Trinajstić information content (AvgIpc) is 3.19. The number of unbranched alkanes of at least 4 members (excludes halogenated alkanes) is 6. The second kappa shape index (κ2) is 22.8. The Morgan fingerprint density at radius 1 is 0.830 bits per heavy atom. The van der Waals surface area contributed by atoms with Crippen LogP contribution in [0.2, 0.25) is 0 Å². The Bertz CT molecular complexity index is 1610. The number of benzene rings is 2. The number of rotatable bonds is 22. The largest absolute Gasteiger partial charge is 0.478 e. The molecule has 2 aromatic carbocycles. The van der Waals surface area contributed by atoms with Gasteiger partial charge in [-0.15, -0.1) is 0 Å². The predicted octanol–water partition coefficient (Wildman–Crippen LogP) is 9.38. The average molecular weight is 723 g/mol. The van der Waals surface area contributed by atoms with Crippen LogP contribution in [0, 0.1) is 0 Å². The Morgan fingerprint density at radius 2 is 1.58 bits per heavy atom. The Hall–Kier alpha value is -4.14. The molecule has 1 unspecified atom stereocenters. The molecule has 286 valence electrons. The van der Waals surface area contributed by atoms with Crippen LogP contribution in [-0.2, 0) is 16.0 Å². The molecule has 5 rings (SSSR count). The van der Waals surface area contributed by atoms with E-state index in [9.17, 15) is 9.90 Å². The number of anilines is 2. The van der Waals surface area contributed by atoms with E-state index in [1.165, 1.54) is 29.3 Å². The minimum atomic E-state index is -0.743. The number of piperazine rings is 1. The second-order valence-corrected chi connectivity index (χ2v) is 14.2. The van der Waals surface area contributed by atoms with E-state index in [2.05, 4.69) is 95.6 Å². The number of fused-ring (bicyclic) bond motifs is 2. The molecule has 0 radical (unpaired) electrons. The molecule has 8 heteroatoms. The summed E-state index contributed by atoms with van der Waals surface area (Å²) in [6, 6.07) is 19.2. The molecule has 8 nitrogen and oxygen atoms in total. The molecular formula is C45H62N4O4. The van der Waals surface area contributed by atoms with Crippen molar-refractivity contribution in [3.63, 3.8) is 0 Å². The van der Waals surface area contributed by atoms with Crippen LogP contribution in [0.5, 0.6) is 5.88 Å². The summed E-state index contributed by atoms with van der Waals surface area (Å²) in [7, 11) is 0. The van der Waals surface area contributed by atoms with Crippen LogP contribution in [0.1, 0.15) is 96.0 Å². The number of allylic oxidation sites excluding steroid dienone is 6. The molecule has 1 N–H and O–H groups in total. The van der Waals surface area contributed by atoms with Crippen molar-refractivity contribution in [3.05, 3.63) is 96.6 Å². The molecule has 0 bridgehead atoms. The van der Waals surface area contributed by atoms with Crippen molar-refractivity contribution in [1.82, 2.24) is 9.88 Å². The molecule has 3 heterocycles. The number of carbonyl (C=O) groups excluding carboxylic acids is 1. The summed E-state index contributed by atoms with van der Waals surface area (Å²) in [4.78, 5) is 24.0. The van der Waals surface area contributed by atoms with E-state index >= 15 is 0 Å². The highest BCUT2D eigenvalue weighted by molar-refractivity contribution is 5.94. The molecule has 2 aliphatic rings. The first-order chi connectivity index (χ1) is 26.1. The van der Waals surface area contributed by atoms with E-state index in [4.69, 9.17) is 14.5 Å². The highest BCUT2D eigenvalue weighted by atomic mass is 16.5. The van der Waals surface area contributed by atoms with E-state index < -0.39 is 6.23 Å². The number of hydrogen-bond donors (Lipinski definition) is 1. The van der Waals surface area contributed by atoms with Crippen molar-refractivity contribution in [2.75, 3.05) is 55.9 Å². The molecule has 3 aromatic rings. The lowest BCUT2D eigenvalue weighted by molar-refractivity contribution is -0.144. The maximum atomic E-state index is 12.6. The fourth-order valence-electron chi connectivity index (χ4n) is 7.13. The van der Waals surface area contributed by atoms with Gasteiger partial charge in [-0.1, -0.05) is 99.0 Å². The van der Waals surface area contributed by atoms with Crippen molar-refractivity contribution in [1.29, 1.82) is 0 Å². The smallest absolute Gasteiger partial charge is 0.307 e. The van der Waals surface area contributed by atoms with Gasteiger partial charge in [-0.05, 0) is 93.8 Å². The van der Waals surface area contributed by atoms with E-state index in [-0.39, 0.29) is 12.7 Å². The zero-order chi connectivity index (χ0) is 36.9. The van der Waals surface area contributed by atoms with E-state index in [0.717, 1.165) is 102 Å². The Kier molecular flexibility index (Phi) is 17.2. The van der Waals surface area contributed by atoms with Gasteiger partial charge in [-0.25, -0.2) is 0 Å². The first-order valence-corrected chi connectivity index (χ1v) is 20.3. The van der Waals surface area contributed by atoms with Crippen LogP contribution in [-0.4, -0.2) is 73.2 Å². The molecule has 1 atom stereocenters. The summed E-state index contributed by atoms with van der Waals surface area (Å²) in [6.45, 7) is 8.00. The number of aliphatic hydroxyl groups excluding tert-OH is 1. The number of aromatic nitrogens is 1. The van der Waals surface area contributed by atoms with Gasteiger partial charge in [0.15, 0.2) is 6.73 Å². The van der Waals surface area contributed by atoms with Crippen LogP contribution in [0.25, 0.3) is 10.8 Å². The quantitative estimate of drug-likeness (QED) is 0.0625. The molecule has 1 aromatic heterocycles. The number of aliphatic hydroxyl groups is 1. The van der Waals surface area contributed by atoms with Gasteiger partial charge in [-0.3, -0.25) is 14.6 Å². The third-order valence-electron chi connectivity index (χ3n) is 10.2. The fourth-order valence-corrected chi connectivity index (χ4v) is 7.13. The summed E-state index contributed by atoms with van der Waals surface area (Å²) >= 11 is 0. The highest BCUT2D eigenvalue weighted by Gasteiger charge is 2.27. The molecule has 2 aliphatic heterocycles.